The van der Waals surface area contributed by atoms with Gasteiger partial charge in [0, 0.05) is 17.7 Å². The molecule has 0 aliphatic carbocycles. The Balaban J connectivity index is 3.45. The number of hydrogen-bond donors (Lipinski definition) is 1. The molecule has 1 N–H and O–H groups in total. The molecule has 0 aliphatic rings. The molecule has 1 aromatic carbocycles. The van der Waals surface area contributed by atoms with Gasteiger partial charge in [-0.25, -0.2) is 4.79 Å². The summed E-state index contributed by atoms with van der Waals surface area (Å²) in [6.45, 7) is 0. The largest absolute Gasteiger partial charge is 0.496 e. The molecule has 18 heavy (non-hydrogen) atoms. The van der Waals surface area contributed by atoms with Crippen molar-refractivity contribution in [1.29, 1.82) is 5.26 Å². The van der Waals surface area contributed by atoms with Crippen LogP contribution in [0.1, 0.15) is 11.1 Å². The second-order valence-corrected chi connectivity index (χ2v) is 3.15. The Morgan fingerprint density at radius 2 is 2.28 bits per heavy atom. The van der Waals surface area contributed by atoms with E-state index < -0.39 is 10.9 Å². The van der Waals surface area contributed by atoms with E-state index in [-0.39, 0.29) is 22.6 Å². The maximum absolute atomic E-state index is 10.6. The van der Waals surface area contributed by atoms with E-state index in [0.717, 1.165) is 24.3 Å². The number of carbonyl (C=O) groups is 1. The lowest BCUT2D eigenvalue weighted by molar-refractivity contribution is -0.385. The van der Waals surface area contributed by atoms with Crippen LogP contribution in [0.15, 0.2) is 18.2 Å². The monoisotopic (exact) mass is 248 g/mol. The molecular weight excluding hydrogens is 240 g/mol. The fourth-order valence-electron chi connectivity index (χ4n) is 1.31. The molecular formula is C11H8N2O5. The molecule has 92 valence electrons. The highest BCUT2D eigenvalue weighted by molar-refractivity contribution is 5.87. The molecule has 1 aromatic rings. The maximum atomic E-state index is 10.6. The van der Waals surface area contributed by atoms with E-state index in [4.69, 9.17) is 15.1 Å². The number of nitrogens with zero attached hydrogens (tertiary/aromatic N) is 2. The number of nitro benzene ring substituents is 1. The fourth-order valence-corrected chi connectivity index (χ4v) is 1.31. The first-order chi connectivity index (χ1) is 8.49. The third-order valence-corrected chi connectivity index (χ3v) is 2.07. The van der Waals surface area contributed by atoms with Crippen molar-refractivity contribution in [2.45, 2.75) is 0 Å². The van der Waals surface area contributed by atoms with Gasteiger partial charge in [-0.15, -0.1) is 0 Å². The predicted molar refractivity (Wildman–Crippen MR) is 61.0 cm³/mol. The standard InChI is InChI=1S/C11H8N2O5/c1-18-10-5-8(13(16)17)4-7(6-12)9(10)2-3-11(14)15/h2-5H,1H3,(H,14,15)/b3-2+. The zero-order valence-corrected chi connectivity index (χ0v) is 9.28. The molecule has 0 fully saturated rings. The quantitative estimate of drug-likeness (QED) is 0.491. The minimum Gasteiger partial charge on any atom is -0.496 e. The van der Waals surface area contributed by atoms with Crippen LogP contribution in [0, 0.1) is 21.4 Å². The Morgan fingerprint density at radius 3 is 2.72 bits per heavy atom. The third kappa shape index (κ3) is 2.82. The molecule has 7 heteroatoms. The summed E-state index contributed by atoms with van der Waals surface area (Å²) in [5, 5.41) is 28.1. The number of rotatable bonds is 4. The summed E-state index contributed by atoms with van der Waals surface area (Å²) in [6, 6.07) is 3.95. The van der Waals surface area contributed by atoms with E-state index >= 15 is 0 Å². The van der Waals surface area contributed by atoms with E-state index in [1.165, 1.54) is 7.11 Å². The van der Waals surface area contributed by atoms with Gasteiger partial charge < -0.3 is 9.84 Å². The van der Waals surface area contributed by atoms with Gasteiger partial charge in [0.1, 0.15) is 11.8 Å². The zero-order valence-electron chi connectivity index (χ0n) is 9.28. The van der Waals surface area contributed by atoms with Crippen LogP contribution >= 0.6 is 0 Å². The number of non-ortho nitro benzene ring substituents is 1. The van der Waals surface area contributed by atoms with Gasteiger partial charge in [0.15, 0.2) is 0 Å². The Kier molecular flexibility index (Phi) is 3.99. The molecule has 0 bridgehead atoms. The Hall–Kier alpha value is -2.88. The Bertz CT molecular complexity index is 572. The van der Waals surface area contributed by atoms with E-state index in [2.05, 4.69) is 0 Å². The number of hydrogen-bond acceptors (Lipinski definition) is 5. The second kappa shape index (κ2) is 5.45. The van der Waals surface area contributed by atoms with Gasteiger partial charge in [0.25, 0.3) is 5.69 Å². The van der Waals surface area contributed by atoms with Crippen molar-refractivity contribution in [3.8, 4) is 11.8 Å². The summed E-state index contributed by atoms with van der Waals surface area (Å²) in [4.78, 5) is 20.4. The van der Waals surface area contributed by atoms with Crippen molar-refractivity contribution in [2.75, 3.05) is 7.11 Å². The highest BCUT2D eigenvalue weighted by atomic mass is 16.6. The van der Waals surface area contributed by atoms with Crippen molar-refractivity contribution < 1.29 is 19.6 Å². The number of nitriles is 1. The Labute approximate surface area is 102 Å². The predicted octanol–water partition coefficient (Wildman–Crippen LogP) is 1.57. The highest BCUT2D eigenvalue weighted by Crippen LogP contribution is 2.29. The van der Waals surface area contributed by atoms with Gasteiger partial charge in [0.2, 0.25) is 0 Å². The van der Waals surface area contributed by atoms with Crippen LogP contribution in [0.4, 0.5) is 5.69 Å². The van der Waals surface area contributed by atoms with Gasteiger partial charge in [-0.3, -0.25) is 10.1 Å². The van der Waals surface area contributed by atoms with Gasteiger partial charge in [0.05, 0.1) is 23.7 Å². The summed E-state index contributed by atoms with van der Waals surface area (Å²) in [5.74, 6) is -1.13. The van der Waals surface area contributed by atoms with E-state index in [1.54, 1.807) is 6.07 Å². The Morgan fingerprint density at radius 1 is 1.61 bits per heavy atom. The lowest BCUT2D eigenvalue weighted by Gasteiger charge is -2.06. The normalized spacial score (nSPS) is 10.0. The van der Waals surface area contributed by atoms with Crippen LogP contribution in [0.2, 0.25) is 0 Å². The third-order valence-electron chi connectivity index (χ3n) is 2.07. The van der Waals surface area contributed by atoms with E-state index in [0.29, 0.717) is 0 Å². The summed E-state index contributed by atoms with van der Waals surface area (Å²) < 4.78 is 4.91. The smallest absolute Gasteiger partial charge is 0.328 e. The van der Waals surface area contributed by atoms with Crippen LogP contribution in [0.3, 0.4) is 0 Å². The lowest BCUT2D eigenvalue weighted by atomic mass is 10.1. The number of benzene rings is 1. The first-order valence-corrected chi connectivity index (χ1v) is 4.67. The van der Waals surface area contributed by atoms with E-state index in [9.17, 15) is 14.9 Å². The molecule has 0 saturated heterocycles. The fraction of sp³-hybridized carbons (Fsp3) is 0.0909. The van der Waals surface area contributed by atoms with Crippen LogP contribution in [0.25, 0.3) is 6.08 Å². The summed E-state index contributed by atoms with van der Waals surface area (Å²) in [6.07, 6.45) is 1.98. The number of ether oxygens (including phenoxy) is 1. The molecule has 7 nitrogen and oxygen atoms in total. The van der Waals surface area contributed by atoms with Crippen LogP contribution in [-0.4, -0.2) is 23.1 Å². The number of carboxylic acid groups (broad SMARTS) is 1. The van der Waals surface area contributed by atoms with Crippen LogP contribution in [0.5, 0.6) is 5.75 Å². The zero-order chi connectivity index (χ0) is 13.7. The van der Waals surface area contributed by atoms with Crippen molar-refractivity contribution >= 4 is 17.7 Å². The number of carboxylic acids is 1. The number of methoxy groups -OCH3 is 1. The van der Waals surface area contributed by atoms with E-state index in [1.807, 2.05) is 0 Å². The minimum atomic E-state index is -1.20. The molecule has 0 atom stereocenters. The molecule has 0 spiro atoms. The van der Waals surface area contributed by atoms with Crippen LogP contribution in [-0.2, 0) is 4.79 Å². The first kappa shape index (κ1) is 13.2. The van der Waals surface area contributed by atoms with Gasteiger partial charge in [-0.2, -0.15) is 5.26 Å². The highest BCUT2D eigenvalue weighted by Gasteiger charge is 2.15. The molecule has 0 saturated carbocycles. The van der Waals surface area contributed by atoms with Gasteiger partial charge in [-0.1, -0.05) is 0 Å². The molecule has 0 radical (unpaired) electrons. The number of nitro groups is 1. The van der Waals surface area contributed by atoms with Gasteiger partial charge in [-0.05, 0) is 6.08 Å². The molecule has 1 rings (SSSR count). The molecule has 0 amide bonds. The average Bonchev–Trinajstić information content (AvgIpc) is 2.34. The SMILES string of the molecule is COc1cc([N+](=O)[O-])cc(C#N)c1/C=C/C(=O)O. The minimum absolute atomic E-state index is 0.0291. The first-order valence-electron chi connectivity index (χ1n) is 4.67. The van der Waals surface area contributed by atoms with Crippen LogP contribution < -0.4 is 4.74 Å². The van der Waals surface area contributed by atoms with Crippen molar-refractivity contribution in [3.05, 3.63) is 39.4 Å². The van der Waals surface area contributed by atoms with Crippen molar-refractivity contribution in [2.24, 2.45) is 0 Å². The lowest BCUT2D eigenvalue weighted by Crippen LogP contribution is -1.96. The molecule has 0 aliphatic heterocycles. The molecule has 0 heterocycles. The average molecular weight is 248 g/mol. The van der Waals surface area contributed by atoms with Crippen molar-refractivity contribution in [1.82, 2.24) is 0 Å². The van der Waals surface area contributed by atoms with Crippen molar-refractivity contribution in [3.63, 3.8) is 0 Å². The number of aliphatic carboxylic acids is 1. The molecule has 0 unspecified atom stereocenters. The van der Waals surface area contributed by atoms with Gasteiger partial charge >= 0.3 is 5.97 Å². The summed E-state index contributed by atoms with van der Waals surface area (Å²) in [5.41, 5.74) is -0.137. The maximum Gasteiger partial charge on any atom is 0.328 e. The summed E-state index contributed by atoms with van der Waals surface area (Å²) in [7, 11) is 1.28. The second-order valence-electron chi connectivity index (χ2n) is 3.15. The molecule has 0 aromatic heterocycles. The topological polar surface area (TPSA) is 113 Å². The summed E-state index contributed by atoms with van der Waals surface area (Å²) >= 11 is 0.